The number of nitrogens with zero attached hydrogens (tertiary/aromatic N) is 1. The molecule has 5 nitrogen and oxygen atoms in total. The van der Waals surface area contributed by atoms with Crippen molar-refractivity contribution in [1.29, 1.82) is 0 Å². The number of hydrogen-bond donors (Lipinski definition) is 2. The summed E-state index contributed by atoms with van der Waals surface area (Å²) in [6, 6.07) is 7.76. The minimum Gasteiger partial charge on any atom is -0.394 e. The average molecular weight is 401 g/mol. The Morgan fingerprint density at radius 1 is 1.21 bits per heavy atom. The number of nitrogens with one attached hydrogen (secondary N) is 1. The van der Waals surface area contributed by atoms with E-state index in [1.807, 2.05) is 0 Å². The summed E-state index contributed by atoms with van der Waals surface area (Å²) in [5.41, 5.74) is 2.73. The molecule has 4 atom stereocenters. The summed E-state index contributed by atoms with van der Waals surface area (Å²) in [6.45, 7) is 1.06. The van der Waals surface area contributed by atoms with Crippen LogP contribution in [0.15, 0.2) is 24.3 Å². The third-order valence-corrected chi connectivity index (χ3v) is 7.00. The molecular formula is C22H28N2O3S. The number of likely N-dealkylation sites (tertiary alicyclic amines) is 1. The number of carbonyl (C=O) groups is 2. The van der Waals surface area contributed by atoms with Gasteiger partial charge in [0.1, 0.15) is 11.8 Å². The van der Waals surface area contributed by atoms with Crippen LogP contribution in [0.2, 0.25) is 0 Å². The Kier molecular flexibility index (Phi) is 5.90. The first-order valence-corrected chi connectivity index (χ1v) is 10.8. The van der Waals surface area contributed by atoms with Crippen LogP contribution in [0.3, 0.4) is 0 Å². The molecule has 0 saturated carbocycles. The zero-order valence-corrected chi connectivity index (χ0v) is 16.9. The van der Waals surface area contributed by atoms with Gasteiger partial charge in [0.15, 0.2) is 0 Å². The van der Waals surface area contributed by atoms with Crippen molar-refractivity contribution in [3.63, 3.8) is 0 Å². The van der Waals surface area contributed by atoms with Gasteiger partial charge in [-0.05, 0) is 49.1 Å². The highest BCUT2D eigenvalue weighted by molar-refractivity contribution is 7.80. The summed E-state index contributed by atoms with van der Waals surface area (Å²) in [6.07, 6.45) is 5.14. The van der Waals surface area contributed by atoms with Gasteiger partial charge < -0.3 is 15.3 Å². The van der Waals surface area contributed by atoms with Crippen LogP contribution >= 0.6 is 12.2 Å². The predicted octanol–water partition coefficient (Wildman–Crippen LogP) is 1.69. The van der Waals surface area contributed by atoms with Crippen molar-refractivity contribution in [2.45, 2.75) is 50.6 Å². The Morgan fingerprint density at radius 3 is 2.79 bits per heavy atom. The highest BCUT2D eigenvalue weighted by Crippen LogP contribution is 2.30. The van der Waals surface area contributed by atoms with Crippen LogP contribution in [0.5, 0.6) is 0 Å². The summed E-state index contributed by atoms with van der Waals surface area (Å²) < 4.78 is 0. The minimum atomic E-state index is -0.567. The highest BCUT2D eigenvalue weighted by Gasteiger charge is 2.44. The first-order chi connectivity index (χ1) is 13.6. The van der Waals surface area contributed by atoms with Crippen LogP contribution in [0.1, 0.15) is 36.8 Å². The van der Waals surface area contributed by atoms with Crippen LogP contribution in [0.4, 0.5) is 0 Å². The average Bonchev–Trinajstić information content (AvgIpc) is 3.33. The molecule has 150 valence electrons. The number of rotatable bonds is 5. The molecule has 6 heteroatoms. The van der Waals surface area contributed by atoms with Crippen molar-refractivity contribution in [2.24, 2.45) is 11.8 Å². The van der Waals surface area contributed by atoms with Crippen molar-refractivity contribution in [3.05, 3.63) is 35.4 Å². The molecule has 2 heterocycles. The maximum atomic E-state index is 13.2. The van der Waals surface area contributed by atoms with Gasteiger partial charge >= 0.3 is 0 Å². The zero-order valence-electron chi connectivity index (χ0n) is 16.1. The molecule has 1 unspecified atom stereocenters. The number of ketones is 1. The molecule has 0 bridgehead atoms. The van der Waals surface area contributed by atoms with Crippen molar-refractivity contribution in [2.75, 3.05) is 19.7 Å². The van der Waals surface area contributed by atoms with Crippen molar-refractivity contribution >= 4 is 28.8 Å². The summed E-state index contributed by atoms with van der Waals surface area (Å²) >= 11 is 5.47. The molecule has 2 fully saturated rings. The first kappa shape index (κ1) is 19.7. The molecule has 0 spiro atoms. The molecular weight excluding hydrogens is 372 g/mol. The van der Waals surface area contributed by atoms with Crippen LogP contribution in [-0.2, 0) is 22.4 Å². The van der Waals surface area contributed by atoms with E-state index < -0.39 is 12.0 Å². The Labute approximate surface area is 171 Å². The van der Waals surface area contributed by atoms with Crippen molar-refractivity contribution in [1.82, 2.24) is 10.2 Å². The third-order valence-electron chi connectivity index (χ3n) is 6.60. The number of Topliss-reactive ketones (excluding diaryl/α,β-unsaturated/α-hetero) is 1. The zero-order chi connectivity index (χ0) is 19.7. The number of fused-ring (bicyclic) bond motifs is 1. The molecule has 28 heavy (non-hydrogen) atoms. The van der Waals surface area contributed by atoms with E-state index in [2.05, 4.69) is 29.6 Å². The Morgan fingerprint density at radius 2 is 2.00 bits per heavy atom. The van der Waals surface area contributed by atoms with Gasteiger partial charge in [0.25, 0.3) is 0 Å². The van der Waals surface area contributed by atoms with Crippen LogP contribution in [0, 0.1) is 11.8 Å². The van der Waals surface area contributed by atoms with Crippen molar-refractivity contribution in [3.8, 4) is 0 Å². The van der Waals surface area contributed by atoms with Crippen molar-refractivity contribution < 1.29 is 14.7 Å². The first-order valence-electron chi connectivity index (χ1n) is 10.4. The van der Waals surface area contributed by atoms with Gasteiger partial charge in [0, 0.05) is 24.4 Å². The Balaban J connectivity index is 1.43. The lowest BCUT2D eigenvalue weighted by atomic mass is 9.79. The van der Waals surface area contributed by atoms with E-state index in [1.54, 1.807) is 4.90 Å². The lowest BCUT2D eigenvalue weighted by Gasteiger charge is -2.29. The fraction of sp³-hybridized carbons (Fsp3) is 0.591. The number of aliphatic hydroxyl groups excluding tert-OH is 1. The fourth-order valence-corrected chi connectivity index (χ4v) is 5.42. The quantitative estimate of drug-likeness (QED) is 0.736. The van der Waals surface area contributed by atoms with Crippen LogP contribution in [0.25, 0.3) is 0 Å². The molecule has 1 aromatic carbocycles. The number of aliphatic hydroxyl groups is 1. The summed E-state index contributed by atoms with van der Waals surface area (Å²) in [7, 11) is 0. The lowest BCUT2D eigenvalue weighted by Crippen LogP contribution is -2.50. The van der Waals surface area contributed by atoms with E-state index in [9.17, 15) is 14.7 Å². The number of amides is 1. The van der Waals surface area contributed by atoms with E-state index in [1.165, 1.54) is 11.1 Å². The second-order valence-corrected chi connectivity index (χ2v) is 8.89. The molecule has 1 aliphatic carbocycles. The van der Waals surface area contributed by atoms with E-state index in [0.717, 1.165) is 32.1 Å². The van der Waals surface area contributed by atoms with E-state index in [4.69, 9.17) is 12.2 Å². The molecule has 4 rings (SSSR count). The number of carbonyl (C=O) groups excluding carboxylic acids is 2. The normalized spacial score (nSPS) is 29.8. The molecule has 2 N–H and O–H groups in total. The molecule has 2 saturated heterocycles. The number of hydrogen-bond acceptors (Lipinski definition) is 5. The maximum absolute atomic E-state index is 13.2. The van der Waals surface area contributed by atoms with Gasteiger partial charge in [-0.1, -0.05) is 36.5 Å². The van der Waals surface area contributed by atoms with Gasteiger partial charge in [-0.25, -0.2) is 0 Å². The largest absolute Gasteiger partial charge is 0.394 e. The van der Waals surface area contributed by atoms with Gasteiger partial charge in [0.05, 0.1) is 18.6 Å². The molecule has 1 aromatic rings. The smallest absolute Gasteiger partial charge is 0.241 e. The number of thiocarbonyl (C=S) groups is 1. The molecule has 0 radical (unpaired) electrons. The third kappa shape index (κ3) is 3.78. The van der Waals surface area contributed by atoms with Gasteiger partial charge in [0.2, 0.25) is 5.91 Å². The fourth-order valence-electron chi connectivity index (χ4n) is 5.07. The second kappa shape index (κ2) is 8.39. The predicted molar refractivity (Wildman–Crippen MR) is 111 cm³/mol. The van der Waals surface area contributed by atoms with Gasteiger partial charge in [-0.15, -0.1) is 0 Å². The standard InChI is InChI=1S/C22H28N2O3S/c25-13-17-6-3-9-24(17)22(27)21-20(19(28)12-23-21)18(26)11-14-7-8-15-4-1-2-5-16(15)10-14/h1-2,4-5,14,17,20-21,23,25H,3,6-13H2/t14-,17+,20?,21+/m1/s1. The summed E-state index contributed by atoms with van der Waals surface area (Å²) in [4.78, 5) is 28.6. The monoisotopic (exact) mass is 400 g/mol. The molecule has 1 amide bonds. The number of benzene rings is 1. The van der Waals surface area contributed by atoms with Crippen LogP contribution in [-0.4, -0.2) is 58.3 Å². The second-order valence-electron chi connectivity index (χ2n) is 8.36. The lowest BCUT2D eigenvalue weighted by molar-refractivity contribution is -0.138. The summed E-state index contributed by atoms with van der Waals surface area (Å²) in [5.74, 6) is -0.181. The van der Waals surface area contributed by atoms with E-state index >= 15 is 0 Å². The SMILES string of the molecule is O=C(C[C@@H]1CCc2ccccc2C1)C1C(=S)CN[C@@H]1C(=O)N1CCC[C@H]1CO. The molecule has 0 aromatic heterocycles. The highest BCUT2D eigenvalue weighted by atomic mass is 32.1. The molecule has 2 aliphatic heterocycles. The Hall–Kier alpha value is -1.63. The van der Waals surface area contributed by atoms with E-state index in [0.29, 0.717) is 30.3 Å². The topological polar surface area (TPSA) is 69.6 Å². The summed E-state index contributed by atoms with van der Waals surface area (Å²) in [5, 5.41) is 12.7. The Bertz CT molecular complexity index is 781. The number of aryl methyl sites for hydroxylation is 1. The van der Waals surface area contributed by atoms with Crippen LogP contribution < -0.4 is 5.32 Å². The van der Waals surface area contributed by atoms with Gasteiger partial charge in [-0.3, -0.25) is 9.59 Å². The minimum absolute atomic E-state index is 0.0248. The molecule has 3 aliphatic rings. The maximum Gasteiger partial charge on any atom is 0.241 e. The van der Waals surface area contributed by atoms with Gasteiger partial charge in [-0.2, -0.15) is 0 Å². The van der Waals surface area contributed by atoms with E-state index in [-0.39, 0.29) is 24.3 Å².